The van der Waals surface area contributed by atoms with Gasteiger partial charge in [0.2, 0.25) is 0 Å². The summed E-state index contributed by atoms with van der Waals surface area (Å²) in [6.07, 6.45) is -0.665. The molecule has 1 aromatic carbocycles. The number of hydrogen-bond acceptors (Lipinski definition) is 4. The summed E-state index contributed by atoms with van der Waals surface area (Å²) in [4.78, 5) is 11.0. The molecular formula is C12H17NO4. The van der Waals surface area contributed by atoms with Crippen molar-refractivity contribution in [3.8, 4) is 0 Å². The molecule has 1 rings (SSSR count). The fraction of sp³-hybridized carbons (Fsp3) is 0.417. The van der Waals surface area contributed by atoms with Crippen molar-refractivity contribution >= 4 is 11.7 Å². The van der Waals surface area contributed by atoms with E-state index in [9.17, 15) is 9.90 Å². The summed E-state index contributed by atoms with van der Waals surface area (Å²) in [5.41, 5.74) is 1.66. The van der Waals surface area contributed by atoms with Crippen LogP contribution < -0.4 is 5.32 Å². The molecule has 5 nitrogen and oxygen atoms in total. The van der Waals surface area contributed by atoms with E-state index in [4.69, 9.17) is 9.84 Å². The maximum atomic E-state index is 11.0. The zero-order valence-corrected chi connectivity index (χ0v) is 9.93. The number of rotatable bonds is 6. The number of aliphatic hydroxyl groups is 1. The van der Waals surface area contributed by atoms with E-state index in [1.165, 1.54) is 7.11 Å². The third-order valence-electron chi connectivity index (χ3n) is 2.29. The monoisotopic (exact) mass is 239 g/mol. The fourth-order valence-electron chi connectivity index (χ4n) is 1.47. The van der Waals surface area contributed by atoms with Crippen molar-refractivity contribution in [1.29, 1.82) is 0 Å². The van der Waals surface area contributed by atoms with Gasteiger partial charge < -0.3 is 20.3 Å². The van der Waals surface area contributed by atoms with Crippen LogP contribution in [-0.2, 0) is 4.74 Å². The van der Waals surface area contributed by atoms with Gasteiger partial charge in [-0.2, -0.15) is 0 Å². The van der Waals surface area contributed by atoms with E-state index in [2.05, 4.69) is 5.32 Å². The molecule has 0 aliphatic carbocycles. The second-order valence-corrected chi connectivity index (χ2v) is 3.84. The summed E-state index contributed by atoms with van der Waals surface area (Å²) in [6.45, 7) is 2.33. The van der Waals surface area contributed by atoms with Crippen molar-refractivity contribution in [3.63, 3.8) is 0 Å². The topological polar surface area (TPSA) is 78.8 Å². The van der Waals surface area contributed by atoms with Crippen molar-refractivity contribution in [2.75, 3.05) is 25.6 Å². The summed E-state index contributed by atoms with van der Waals surface area (Å²) < 4.78 is 4.79. The molecule has 17 heavy (non-hydrogen) atoms. The average Bonchev–Trinajstić information content (AvgIpc) is 2.26. The molecule has 0 fully saturated rings. The third-order valence-corrected chi connectivity index (χ3v) is 2.29. The zero-order valence-electron chi connectivity index (χ0n) is 9.93. The van der Waals surface area contributed by atoms with Gasteiger partial charge in [0.1, 0.15) is 0 Å². The number of benzene rings is 1. The van der Waals surface area contributed by atoms with Crippen LogP contribution in [0.15, 0.2) is 18.2 Å². The van der Waals surface area contributed by atoms with E-state index in [-0.39, 0.29) is 18.7 Å². The molecule has 0 aliphatic heterocycles. The fourth-order valence-corrected chi connectivity index (χ4v) is 1.47. The van der Waals surface area contributed by atoms with Gasteiger partial charge in [-0.25, -0.2) is 4.79 Å². The Morgan fingerprint density at radius 1 is 1.53 bits per heavy atom. The van der Waals surface area contributed by atoms with Crippen molar-refractivity contribution in [1.82, 2.24) is 0 Å². The number of nitrogens with one attached hydrogen (secondary N) is 1. The van der Waals surface area contributed by atoms with Crippen LogP contribution in [0.1, 0.15) is 15.9 Å². The molecule has 0 heterocycles. The Hall–Kier alpha value is -1.59. The number of aliphatic hydroxyl groups excluding tert-OH is 1. The Morgan fingerprint density at radius 2 is 2.24 bits per heavy atom. The molecule has 0 amide bonds. The third kappa shape index (κ3) is 4.05. The first-order chi connectivity index (χ1) is 8.04. The van der Waals surface area contributed by atoms with E-state index in [1.807, 2.05) is 6.92 Å². The van der Waals surface area contributed by atoms with Gasteiger partial charge in [0.05, 0.1) is 18.3 Å². The van der Waals surface area contributed by atoms with Crippen LogP contribution in [0.3, 0.4) is 0 Å². The van der Waals surface area contributed by atoms with E-state index in [0.29, 0.717) is 5.69 Å². The highest BCUT2D eigenvalue weighted by Crippen LogP contribution is 2.17. The highest BCUT2D eigenvalue weighted by atomic mass is 16.5. The molecule has 0 aliphatic rings. The van der Waals surface area contributed by atoms with Crippen LogP contribution in [0, 0.1) is 6.92 Å². The van der Waals surface area contributed by atoms with Crippen LogP contribution in [-0.4, -0.2) is 42.5 Å². The summed E-state index contributed by atoms with van der Waals surface area (Å²) in [6, 6.07) is 5.02. The minimum Gasteiger partial charge on any atom is -0.478 e. The number of aryl methyl sites for hydroxylation is 1. The van der Waals surface area contributed by atoms with Crippen molar-refractivity contribution < 1.29 is 19.7 Å². The first-order valence-electron chi connectivity index (χ1n) is 5.29. The molecule has 0 spiro atoms. The zero-order chi connectivity index (χ0) is 12.8. The Morgan fingerprint density at radius 3 is 2.82 bits per heavy atom. The number of carboxylic acid groups (broad SMARTS) is 1. The molecule has 1 atom stereocenters. The Balaban J connectivity index is 2.75. The first kappa shape index (κ1) is 13.5. The lowest BCUT2D eigenvalue weighted by molar-refractivity contribution is 0.0693. The number of aromatic carboxylic acids is 1. The molecule has 5 heteroatoms. The number of methoxy groups -OCH3 is 1. The second kappa shape index (κ2) is 6.22. The molecule has 0 saturated carbocycles. The molecule has 1 unspecified atom stereocenters. The summed E-state index contributed by atoms with van der Waals surface area (Å²) in [7, 11) is 1.50. The number of carbonyl (C=O) groups is 1. The van der Waals surface area contributed by atoms with Crippen LogP contribution in [0.5, 0.6) is 0 Å². The highest BCUT2D eigenvalue weighted by Gasteiger charge is 2.11. The maximum absolute atomic E-state index is 11.0. The van der Waals surface area contributed by atoms with E-state index >= 15 is 0 Å². The first-order valence-corrected chi connectivity index (χ1v) is 5.29. The molecule has 0 saturated heterocycles. The maximum Gasteiger partial charge on any atom is 0.337 e. The van der Waals surface area contributed by atoms with Gasteiger partial charge in [-0.1, -0.05) is 6.07 Å². The van der Waals surface area contributed by atoms with Crippen LogP contribution in [0.4, 0.5) is 5.69 Å². The minimum atomic E-state index is -0.992. The quantitative estimate of drug-likeness (QED) is 0.693. The van der Waals surface area contributed by atoms with Crippen LogP contribution >= 0.6 is 0 Å². The predicted molar refractivity (Wildman–Crippen MR) is 64.5 cm³/mol. The standard InChI is InChI=1S/C12H17NO4/c1-8-3-4-10(12(15)16)11(5-8)13-6-9(14)7-17-2/h3-5,9,13-14H,6-7H2,1-2H3,(H,15,16). The largest absolute Gasteiger partial charge is 0.478 e. The molecule has 0 bridgehead atoms. The summed E-state index contributed by atoms with van der Waals surface area (Å²) in [5, 5.41) is 21.4. The molecule has 1 aromatic rings. The average molecular weight is 239 g/mol. The van der Waals surface area contributed by atoms with Gasteiger partial charge in [-0.05, 0) is 24.6 Å². The van der Waals surface area contributed by atoms with Crippen molar-refractivity contribution in [2.24, 2.45) is 0 Å². The van der Waals surface area contributed by atoms with Crippen molar-refractivity contribution in [2.45, 2.75) is 13.0 Å². The van der Waals surface area contributed by atoms with Crippen LogP contribution in [0.25, 0.3) is 0 Å². The van der Waals surface area contributed by atoms with Gasteiger partial charge in [-0.3, -0.25) is 0 Å². The van der Waals surface area contributed by atoms with Gasteiger partial charge in [0.25, 0.3) is 0 Å². The van der Waals surface area contributed by atoms with E-state index in [1.54, 1.807) is 18.2 Å². The second-order valence-electron chi connectivity index (χ2n) is 3.84. The molecule has 0 radical (unpaired) electrons. The van der Waals surface area contributed by atoms with Crippen molar-refractivity contribution in [3.05, 3.63) is 29.3 Å². The lowest BCUT2D eigenvalue weighted by Crippen LogP contribution is -2.24. The normalized spacial score (nSPS) is 12.2. The summed E-state index contributed by atoms with van der Waals surface area (Å²) >= 11 is 0. The summed E-state index contributed by atoms with van der Waals surface area (Å²) in [5.74, 6) is -0.992. The van der Waals surface area contributed by atoms with E-state index in [0.717, 1.165) is 5.56 Å². The minimum absolute atomic E-state index is 0.195. The lowest BCUT2D eigenvalue weighted by atomic mass is 10.1. The number of ether oxygens (including phenoxy) is 1. The number of anilines is 1. The van der Waals surface area contributed by atoms with Gasteiger partial charge in [-0.15, -0.1) is 0 Å². The number of carboxylic acids is 1. The van der Waals surface area contributed by atoms with Gasteiger partial charge in [0.15, 0.2) is 0 Å². The van der Waals surface area contributed by atoms with Gasteiger partial charge >= 0.3 is 5.97 Å². The molecule has 0 aromatic heterocycles. The SMILES string of the molecule is COCC(O)CNc1cc(C)ccc1C(=O)O. The Labute approximate surface area is 100 Å². The van der Waals surface area contributed by atoms with Gasteiger partial charge in [0, 0.05) is 19.3 Å². The highest BCUT2D eigenvalue weighted by molar-refractivity contribution is 5.94. The predicted octanol–water partition coefficient (Wildman–Crippen LogP) is 1.11. The lowest BCUT2D eigenvalue weighted by Gasteiger charge is -2.14. The van der Waals surface area contributed by atoms with E-state index < -0.39 is 12.1 Å². The van der Waals surface area contributed by atoms with Crippen LogP contribution in [0.2, 0.25) is 0 Å². The Bertz CT molecular complexity index is 392. The molecular weight excluding hydrogens is 222 g/mol. The number of hydrogen-bond donors (Lipinski definition) is 3. The smallest absolute Gasteiger partial charge is 0.337 e. The Kier molecular flexibility index (Phi) is 4.93. The molecule has 94 valence electrons. The molecule has 3 N–H and O–H groups in total.